The zero-order chi connectivity index (χ0) is 7.15. The third-order valence-corrected chi connectivity index (χ3v) is 0. The van der Waals surface area contributed by atoms with Gasteiger partial charge in [0.05, 0.1) is 0 Å². The van der Waals surface area contributed by atoms with Gasteiger partial charge >= 0.3 is 42.1 Å². The molecule has 0 aromatic carbocycles. The minimum Gasteiger partial charge on any atom is -0.396 e. The first-order valence-electron chi connectivity index (χ1n) is 0.955. The standard InChI is InChI=1S/Ca.2HIO3/c;2*2-1(3)4/h;2*2H. The van der Waals surface area contributed by atoms with Crippen molar-refractivity contribution in [3.05, 3.63) is 0 Å². The Hall–Kier alpha value is 2.48. The summed E-state index contributed by atoms with van der Waals surface area (Å²) in [5.74, 6) is 0. The second-order valence-corrected chi connectivity index (χ2v) is 2.70. The zero-order valence-corrected chi connectivity index (χ0v) is 10.5. The molecule has 6 nitrogen and oxygen atoms in total. The van der Waals surface area contributed by atoms with Gasteiger partial charge in [-0.05, 0) is 6.87 Å². The van der Waals surface area contributed by atoms with Crippen molar-refractivity contribution in [1.82, 2.24) is 0 Å². The van der Waals surface area contributed by atoms with Crippen LogP contribution in [0, 0.1) is 0 Å². The van der Waals surface area contributed by atoms with Crippen LogP contribution in [0.1, 0.15) is 0 Å². The maximum absolute atomic E-state index is 8.68. The molecule has 0 atom stereocenters. The first-order chi connectivity index (χ1) is 3.46. The Morgan fingerprint density at radius 3 is 0.778 bits per heavy atom. The van der Waals surface area contributed by atoms with Crippen LogP contribution >= 0.6 is 0 Å². The molecule has 0 unspecified atom stereocenters. The summed E-state index contributed by atoms with van der Waals surface area (Å²) in [6.45, 7) is 0. The Balaban J connectivity index is -0.0000000720. The molecular weight excluding hydrogens is 390 g/mol. The third-order valence-electron chi connectivity index (χ3n) is 0. The molecule has 0 aliphatic carbocycles. The van der Waals surface area contributed by atoms with E-state index in [-0.39, 0.29) is 37.7 Å². The van der Waals surface area contributed by atoms with Gasteiger partial charge in [-0.2, -0.15) is 0 Å². The quantitative estimate of drug-likeness (QED) is 0.311. The molecule has 0 saturated heterocycles. The Morgan fingerprint density at radius 1 is 0.778 bits per heavy atom. The Morgan fingerprint density at radius 2 is 0.778 bits per heavy atom. The summed E-state index contributed by atoms with van der Waals surface area (Å²) in [5.41, 5.74) is 0. The number of hydrogen-bond donors (Lipinski definition) is 2. The van der Waals surface area contributed by atoms with E-state index in [1.54, 1.807) is 0 Å². The maximum Gasteiger partial charge on any atom is 0.503 e. The normalized spacial score (nSPS) is 8.00. The fraction of sp³-hybridized carbons (Fsp3) is 0. The number of hydrogen-bond acceptors (Lipinski definition) is 6. The minimum absolute atomic E-state index is 0. The van der Waals surface area contributed by atoms with Crippen molar-refractivity contribution >= 4 is 37.7 Å². The van der Waals surface area contributed by atoms with Gasteiger partial charge in [0, 0.05) is 37.7 Å². The molecule has 0 amide bonds. The van der Waals surface area contributed by atoms with E-state index in [1.807, 2.05) is 0 Å². The third kappa shape index (κ3) is 123. The summed E-state index contributed by atoms with van der Waals surface area (Å²) < 4.78 is 48.9. The van der Waals surface area contributed by atoms with E-state index in [0.717, 1.165) is 0 Å². The molecule has 2 radical (unpaired) electrons. The van der Waals surface area contributed by atoms with Gasteiger partial charge < -0.3 is 13.7 Å². The van der Waals surface area contributed by atoms with Crippen molar-refractivity contribution in [2.75, 3.05) is 0 Å². The molecule has 0 aromatic rings. The van der Waals surface area contributed by atoms with Crippen molar-refractivity contribution in [3.63, 3.8) is 0 Å². The largest absolute Gasteiger partial charge is 0.503 e. The summed E-state index contributed by atoms with van der Waals surface area (Å²) in [6, 6.07) is 0. The maximum atomic E-state index is 8.68. The summed E-state index contributed by atoms with van der Waals surface area (Å²) in [4.78, 5) is 0. The molecule has 9 heteroatoms. The van der Waals surface area contributed by atoms with Crippen molar-refractivity contribution < 1.29 is 62.7 Å². The van der Waals surface area contributed by atoms with Crippen LogP contribution in [0.15, 0.2) is 0 Å². The van der Waals surface area contributed by atoms with Crippen molar-refractivity contribution in [2.24, 2.45) is 0 Å². The van der Waals surface area contributed by atoms with Gasteiger partial charge in [-0.3, -0.25) is 0 Å². The molecule has 0 saturated carbocycles. The van der Waals surface area contributed by atoms with Crippen LogP contribution in [-0.4, -0.2) is 44.6 Å². The summed E-state index contributed by atoms with van der Waals surface area (Å²) >= 11 is -7.53. The molecule has 0 aromatic heterocycles. The van der Waals surface area contributed by atoms with Gasteiger partial charge in [0.25, 0.3) is 0 Å². The molecule has 0 bridgehead atoms. The average molecular weight is 392 g/mol. The van der Waals surface area contributed by atoms with Gasteiger partial charge in [-0.1, -0.05) is 0 Å². The SMILES string of the molecule is [Ca].[O-][I+2]([O-])O.[O-][I+2]([O-])O. The van der Waals surface area contributed by atoms with Crippen LogP contribution in [-0.2, 0) is 0 Å². The van der Waals surface area contributed by atoms with Gasteiger partial charge in [-0.15, -0.1) is 0 Å². The van der Waals surface area contributed by atoms with Gasteiger partial charge in [0.1, 0.15) is 0 Å². The van der Waals surface area contributed by atoms with E-state index < -0.39 is 42.1 Å². The summed E-state index contributed by atoms with van der Waals surface area (Å²) in [6.07, 6.45) is 0. The predicted molar refractivity (Wildman–Crippen MR) is 10.2 cm³/mol. The van der Waals surface area contributed by atoms with E-state index in [4.69, 9.17) is 20.6 Å². The molecule has 54 valence electrons. The molecule has 0 aliphatic heterocycles. The van der Waals surface area contributed by atoms with Gasteiger partial charge in [-0.25, -0.2) is 0 Å². The molecule has 2 N–H and O–H groups in total. The fourth-order valence-corrected chi connectivity index (χ4v) is 0. The van der Waals surface area contributed by atoms with Crippen molar-refractivity contribution in [2.45, 2.75) is 0 Å². The molecule has 0 rings (SSSR count). The van der Waals surface area contributed by atoms with Crippen LogP contribution in [0.3, 0.4) is 0 Å². The minimum atomic E-state index is -3.76. The fourth-order valence-electron chi connectivity index (χ4n) is 0. The van der Waals surface area contributed by atoms with Crippen molar-refractivity contribution in [1.29, 1.82) is 0 Å². The van der Waals surface area contributed by atoms with E-state index >= 15 is 0 Å². The Bertz CT molecular complexity index is 26.5. The first kappa shape index (κ1) is 17.5. The van der Waals surface area contributed by atoms with Crippen LogP contribution in [0.5, 0.6) is 0 Å². The first-order valence-corrected chi connectivity index (χ1v) is 6.41. The smallest absolute Gasteiger partial charge is 0.396 e. The predicted octanol–water partition coefficient (Wildman–Crippen LogP) is -12.2. The number of halogens is 2. The molecular formula is H2CaI2O6. The van der Waals surface area contributed by atoms with Crippen LogP contribution in [0.4, 0.5) is 0 Å². The van der Waals surface area contributed by atoms with Gasteiger partial charge in [0.15, 0.2) is 0 Å². The molecule has 9 heavy (non-hydrogen) atoms. The summed E-state index contributed by atoms with van der Waals surface area (Å²) in [5, 5.41) is 0. The van der Waals surface area contributed by atoms with Crippen LogP contribution in [0.25, 0.3) is 0 Å². The van der Waals surface area contributed by atoms with Crippen LogP contribution in [0.2, 0.25) is 0 Å². The van der Waals surface area contributed by atoms with Gasteiger partial charge in [0.2, 0.25) is 0 Å². The molecule has 0 aliphatic rings. The monoisotopic (exact) mass is 392 g/mol. The van der Waals surface area contributed by atoms with Crippen LogP contribution < -0.4 is 55.9 Å². The van der Waals surface area contributed by atoms with E-state index in [9.17, 15) is 0 Å². The molecule has 0 fully saturated rings. The molecule has 0 spiro atoms. The topological polar surface area (TPSA) is 133 Å². The number of rotatable bonds is 0. The Kier molecular flexibility index (Phi) is 25.5. The summed E-state index contributed by atoms with van der Waals surface area (Å²) in [7, 11) is 0. The molecule has 0 heterocycles. The second-order valence-electron chi connectivity index (χ2n) is 0.402. The Labute approximate surface area is 98.6 Å². The average Bonchev–Trinajstić information content (AvgIpc) is 1.25. The second kappa shape index (κ2) is 13.1. The van der Waals surface area contributed by atoms with E-state index in [1.165, 1.54) is 0 Å². The van der Waals surface area contributed by atoms with E-state index in [0.29, 0.717) is 0 Å². The van der Waals surface area contributed by atoms with Crippen molar-refractivity contribution in [3.8, 4) is 0 Å². The zero-order valence-electron chi connectivity index (χ0n) is 3.99. The van der Waals surface area contributed by atoms with E-state index in [2.05, 4.69) is 0 Å².